The molecule has 1 aromatic rings. The van der Waals surface area contributed by atoms with Crippen LogP contribution in [0.15, 0.2) is 24.3 Å². The van der Waals surface area contributed by atoms with E-state index in [-0.39, 0.29) is 18.0 Å². The molecular weight excluding hydrogens is 286 g/mol. The Bertz CT molecular complexity index is 566. The van der Waals surface area contributed by atoms with Crippen LogP contribution in [0.4, 0.5) is 0 Å². The number of carboxylic acids is 2. The van der Waals surface area contributed by atoms with E-state index in [0.717, 1.165) is 18.4 Å². The van der Waals surface area contributed by atoms with Gasteiger partial charge in [0.25, 0.3) is 0 Å². The number of aliphatic carboxylic acids is 1. The number of carbonyl (C=O) groups excluding carboxylic acids is 3. The number of hydrogen-bond donors (Lipinski definition) is 1. The number of carboxylic acid groups (broad SMARTS) is 2. The van der Waals surface area contributed by atoms with Crippen molar-refractivity contribution in [3.63, 3.8) is 0 Å². The normalized spacial score (nSPS) is 21.1. The van der Waals surface area contributed by atoms with Gasteiger partial charge in [0, 0.05) is 24.3 Å². The molecule has 1 N–H and O–H groups in total. The average molecular weight is 303 g/mol. The summed E-state index contributed by atoms with van der Waals surface area (Å²) < 4.78 is 0. The van der Waals surface area contributed by atoms with Crippen molar-refractivity contribution in [2.75, 3.05) is 0 Å². The molecule has 0 saturated heterocycles. The highest BCUT2D eigenvalue weighted by Crippen LogP contribution is 2.29. The minimum absolute atomic E-state index is 0.0689. The van der Waals surface area contributed by atoms with Crippen LogP contribution in [0.1, 0.15) is 41.6 Å². The maximum atomic E-state index is 12.2. The van der Waals surface area contributed by atoms with Crippen LogP contribution in [0.25, 0.3) is 0 Å². The first-order chi connectivity index (χ1) is 10.5. The van der Waals surface area contributed by atoms with E-state index in [2.05, 4.69) is 5.32 Å². The summed E-state index contributed by atoms with van der Waals surface area (Å²) in [5.74, 6) is -4.00. The van der Waals surface area contributed by atoms with Crippen molar-refractivity contribution >= 4 is 17.8 Å². The van der Waals surface area contributed by atoms with Gasteiger partial charge in [0.2, 0.25) is 5.91 Å². The van der Waals surface area contributed by atoms with Crippen molar-refractivity contribution < 1.29 is 24.6 Å². The van der Waals surface area contributed by atoms with Gasteiger partial charge in [-0.25, -0.2) is 0 Å². The zero-order valence-electron chi connectivity index (χ0n) is 12.0. The molecule has 2 rings (SSSR count). The molecule has 6 nitrogen and oxygen atoms in total. The Morgan fingerprint density at radius 2 is 1.59 bits per heavy atom. The third-order valence-corrected chi connectivity index (χ3v) is 4.06. The topological polar surface area (TPSA) is 109 Å². The van der Waals surface area contributed by atoms with Crippen molar-refractivity contribution in [3.05, 3.63) is 35.4 Å². The first-order valence-corrected chi connectivity index (χ1v) is 7.28. The molecule has 1 amide bonds. The second kappa shape index (κ2) is 7.06. The van der Waals surface area contributed by atoms with Crippen molar-refractivity contribution in [1.82, 2.24) is 5.32 Å². The van der Waals surface area contributed by atoms with Crippen LogP contribution >= 0.6 is 0 Å². The van der Waals surface area contributed by atoms with E-state index < -0.39 is 23.8 Å². The largest absolute Gasteiger partial charge is 0.550 e. The second-order valence-electron chi connectivity index (χ2n) is 5.52. The number of aromatic carboxylic acids is 1. The van der Waals surface area contributed by atoms with Gasteiger partial charge in [0.1, 0.15) is 0 Å². The van der Waals surface area contributed by atoms with Crippen molar-refractivity contribution in [3.8, 4) is 0 Å². The standard InChI is InChI=1S/C16H19NO5/c18-14(12-3-1-2-4-13(12)16(21)22)17-9-10-5-7-11(8-6-10)15(19)20/h5-8,12-13H,1-4,9H2,(H,17,18)(H,19,20)(H,21,22)/p-2. The molecule has 1 fully saturated rings. The maximum Gasteiger partial charge on any atom is 0.224 e. The fourth-order valence-corrected chi connectivity index (χ4v) is 2.81. The van der Waals surface area contributed by atoms with Gasteiger partial charge >= 0.3 is 0 Å². The van der Waals surface area contributed by atoms with E-state index in [0.29, 0.717) is 12.8 Å². The predicted molar refractivity (Wildman–Crippen MR) is 73.1 cm³/mol. The van der Waals surface area contributed by atoms with E-state index in [1.54, 1.807) is 12.1 Å². The lowest BCUT2D eigenvalue weighted by molar-refractivity contribution is -0.314. The third kappa shape index (κ3) is 3.84. The highest BCUT2D eigenvalue weighted by atomic mass is 16.4. The fraction of sp³-hybridized carbons (Fsp3) is 0.438. The molecule has 2 unspecified atom stereocenters. The molecule has 0 heterocycles. The molecule has 0 radical (unpaired) electrons. The second-order valence-corrected chi connectivity index (χ2v) is 5.52. The molecule has 0 aromatic heterocycles. The van der Waals surface area contributed by atoms with Gasteiger partial charge in [-0.2, -0.15) is 0 Å². The summed E-state index contributed by atoms with van der Waals surface area (Å²) in [4.78, 5) is 33.9. The first kappa shape index (κ1) is 16.0. The number of carbonyl (C=O) groups is 3. The summed E-state index contributed by atoms with van der Waals surface area (Å²) in [5, 5.41) is 24.4. The summed E-state index contributed by atoms with van der Waals surface area (Å²) in [7, 11) is 0. The highest BCUT2D eigenvalue weighted by Gasteiger charge is 2.31. The number of amides is 1. The maximum absolute atomic E-state index is 12.2. The van der Waals surface area contributed by atoms with Crippen molar-refractivity contribution in [1.29, 1.82) is 0 Å². The molecule has 0 spiro atoms. The Balaban J connectivity index is 1.93. The average Bonchev–Trinajstić information content (AvgIpc) is 2.53. The Morgan fingerprint density at radius 3 is 2.14 bits per heavy atom. The molecule has 0 aliphatic heterocycles. The number of hydrogen-bond acceptors (Lipinski definition) is 5. The van der Waals surface area contributed by atoms with E-state index in [1.165, 1.54) is 12.1 Å². The van der Waals surface area contributed by atoms with E-state index >= 15 is 0 Å². The lowest BCUT2D eigenvalue weighted by Gasteiger charge is -2.31. The van der Waals surface area contributed by atoms with Crippen LogP contribution in [0.2, 0.25) is 0 Å². The molecule has 2 atom stereocenters. The first-order valence-electron chi connectivity index (χ1n) is 7.28. The number of benzene rings is 1. The monoisotopic (exact) mass is 303 g/mol. The Labute approximate surface area is 128 Å². The third-order valence-electron chi connectivity index (χ3n) is 4.06. The van der Waals surface area contributed by atoms with Crippen LogP contribution in [-0.4, -0.2) is 17.8 Å². The van der Waals surface area contributed by atoms with Gasteiger partial charge in [0.15, 0.2) is 0 Å². The van der Waals surface area contributed by atoms with Gasteiger partial charge in [-0.15, -0.1) is 0 Å². The summed E-state index contributed by atoms with van der Waals surface area (Å²) in [6.45, 7) is 0.225. The lowest BCUT2D eigenvalue weighted by Crippen LogP contribution is -2.44. The highest BCUT2D eigenvalue weighted by molar-refractivity contribution is 5.86. The summed E-state index contributed by atoms with van der Waals surface area (Å²) in [6, 6.07) is 5.98. The lowest BCUT2D eigenvalue weighted by atomic mass is 9.78. The molecule has 1 aromatic carbocycles. The quantitative estimate of drug-likeness (QED) is 0.767. The van der Waals surface area contributed by atoms with E-state index in [4.69, 9.17) is 0 Å². The zero-order chi connectivity index (χ0) is 16.1. The van der Waals surface area contributed by atoms with Gasteiger partial charge in [-0.3, -0.25) is 4.79 Å². The summed E-state index contributed by atoms with van der Waals surface area (Å²) >= 11 is 0. The van der Waals surface area contributed by atoms with Crippen LogP contribution in [-0.2, 0) is 16.1 Å². The van der Waals surface area contributed by atoms with Gasteiger partial charge in [-0.1, -0.05) is 37.1 Å². The molecule has 1 aliphatic rings. The SMILES string of the molecule is O=C([O-])c1ccc(CNC(=O)C2CCCCC2C(=O)[O-])cc1. The van der Waals surface area contributed by atoms with Gasteiger partial charge < -0.3 is 25.1 Å². The molecular formula is C16H17NO5-2. The smallest absolute Gasteiger partial charge is 0.224 e. The minimum atomic E-state index is -1.26. The van der Waals surface area contributed by atoms with E-state index in [9.17, 15) is 24.6 Å². The van der Waals surface area contributed by atoms with Crippen molar-refractivity contribution in [2.24, 2.45) is 11.8 Å². The Hall–Kier alpha value is -2.37. The van der Waals surface area contributed by atoms with Gasteiger partial charge in [-0.05, 0) is 24.0 Å². The summed E-state index contributed by atoms with van der Waals surface area (Å²) in [5.41, 5.74) is 0.804. The molecule has 0 bridgehead atoms. The number of rotatable bonds is 5. The Kier molecular flexibility index (Phi) is 5.14. The van der Waals surface area contributed by atoms with Crippen LogP contribution in [0, 0.1) is 11.8 Å². The van der Waals surface area contributed by atoms with Crippen molar-refractivity contribution in [2.45, 2.75) is 32.2 Å². The van der Waals surface area contributed by atoms with Crippen LogP contribution < -0.4 is 15.5 Å². The molecule has 118 valence electrons. The Morgan fingerprint density at radius 1 is 1.00 bits per heavy atom. The molecule has 1 saturated carbocycles. The minimum Gasteiger partial charge on any atom is -0.550 e. The molecule has 22 heavy (non-hydrogen) atoms. The van der Waals surface area contributed by atoms with Crippen LogP contribution in [0.3, 0.4) is 0 Å². The van der Waals surface area contributed by atoms with Crippen LogP contribution in [0.5, 0.6) is 0 Å². The molecule has 6 heteroatoms. The fourth-order valence-electron chi connectivity index (χ4n) is 2.81. The van der Waals surface area contributed by atoms with Gasteiger partial charge in [0.05, 0.1) is 5.97 Å². The predicted octanol–water partition coefficient (Wildman–Crippen LogP) is -0.777. The zero-order valence-corrected chi connectivity index (χ0v) is 12.0. The number of nitrogens with one attached hydrogen (secondary N) is 1. The van der Waals surface area contributed by atoms with E-state index in [1.807, 2.05) is 0 Å². The summed E-state index contributed by atoms with van der Waals surface area (Å²) in [6.07, 6.45) is 2.66. The molecule has 1 aliphatic carbocycles.